The van der Waals surface area contributed by atoms with Gasteiger partial charge in [-0.1, -0.05) is 12.1 Å². The van der Waals surface area contributed by atoms with Gasteiger partial charge in [0.15, 0.2) is 0 Å². The molecule has 4 nitrogen and oxygen atoms in total. The number of hydrogen-bond donors (Lipinski definition) is 0. The standard InChI is InChI=1S/C9H7N3O/c13-7-3-6-12-10-8-4-1-2-5-9(8)11-12/h1-7H/b6-3+. The van der Waals surface area contributed by atoms with Crippen molar-refractivity contribution >= 4 is 23.5 Å². The first-order valence-corrected chi connectivity index (χ1v) is 3.84. The molecule has 1 aromatic heterocycles. The first-order valence-electron chi connectivity index (χ1n) is 3.84. The van der Waals surface area contributed by atoms with Gasteiger partial charge in [0.25, 0.3) is 0 Å². The molecular formula is C9H7N3O. The monoisotopic (exact) mass is 173 g/mol. The van der Waals surface area contributed by atoms with Crippen LogP contribution in [0.5, 0.6) is 0 Å². The van der Waals surface area contributed by atoms with Gasteiger partial charge in [0.05, 0.1) is 6.20 Å². The third kappa shape index (κ3) is 1.46. The highest BCUT2D eigenvalue weighted by Gasteiger charge is 1.96. The minimum Gasteiger partial charge on any atom is -0.299 e. The molecule has 2 aromatic rings. The summed E-state index contributed by atoms with van der Waals surface area (Å²) >= 11 is 0. The van der Waals surface area contributed by atoms with Gasteiger partial charge in [-0.3, -0.25) is 4.79 Å². The minimum atomic E-state index is 0.689. The number of rotatable bonds is 2. The lowest BCUT2D eigenvalue weighted by atomic mass is 10.3. The maximum Gasteiger partial charge on any atom is 0.144 e. The highest BCUT2D eigenvalue weighted by atomic mass is 16.1. The first-order chi connectivity index (χ1) is 6.40. The van der Waals surface area contributed by atoms with Gasteiger partial charge in [-0.25, -0.2) is 0 Å². The molecule has 0 aliphatic rings. The number of fused-ring (bicyclic) bond motifs is 1. The van der Waals surface area contributed by atoms with Gasteiger partial charge >= 0.3 is 0 Å². The summed E-state index contributed by atoms with van der Waals surface area (Å²) in [7, 11) is 0. The molecule has 0 saturated carbocycles. The van der Waals surface area contributed by atoms with Crippen molar-refractivity contribution in [3.63, 3.8) is 0 Å². The number of benzene rings is 1. The highest BCUT2D eigenvalue weighted by molar-refractivity contribution is 5.74. The van der Waals surface area contributed by atoms with Gasteiger partial charge in [-0.2, -0.15) is 4.80 Å². The van der Waals surface area contributed by atoms with Gasteiger partial charge < -0.3 is 0 Å². The quantitative estimate of drug-likeness (QED) is 0.504. The van der Waals surface area contributed by atoms with Crippen LogP contribution in [0.3, 0.4) is 0 Å². The molecule has 0 N–H and O–H groups in total. The Bertz CT molecular complexity index is 426. The summed E-state index contributed by atoms with van der Waals surface area (Å²) in [6, 6.07) is 7.52. The number of hydrogen-bond acceptors (Lipinski definition) is 3. The number of allylic oxidation sites excluding steroid dienone is 1. The SMILES string of the molecule is O=C/C=C/n1nc2ccccc2n1. The van der Waals surface area contributed by atoms with Crippen LogP contribution in [0.4, 0.5) is 0 Å². The van der Waals surface area contributed by atoms with Crippen LogP contribution in [-0.2, 0) is 4.79 Å². The Kier molecular flexibility index (Phi) is 1.88. The predicted molar refractivity (Wildman–Crippen MR) is 48.9 cm³/mol. The molecule has 0 unspecified atom stereocenters. The summed E-state index contributed by atoms with van der Waals surface area (Å²) in [5.74, 6) is 0. The summed E-state index contributed by atoms with van der Waals surface area (Å²) < 4.78 is 0. The van der Waals surface area contributed by atoms with E-state index in [9.17, 15) is 4.79 Å². The average Bonchev–Trinajstić information content (AvgIpc) is 2.57. The number of carbonyl (C=O) groups is 1. The van der Waals surface area contributed by atoms with E-state index in [0.29, 0.717) is 6.29 Å². The lowest BCUT2D eigenvalue weighted by Gasteiger charge is -1.81. The van der Waals surface area contributed by atoms with E-state index in [-0.39, 0.29) is 0 Å². The van der Waals surface area contributed by atoms with Crippen molar-refractivity contribution in [1.29, 1.82) is 0 Å². The molecule has 1 heterocycles. The van der Waals surface area contributed by atoms with E-state index in [0.717, 1.165) is 11.0 Å². The van der Waals surface area contributed by atoms with E-state index in [1.165, 1.54) is 17.1 Å². The molecule has 1 aromatic carbocycles. The zero-order valence-electron chi connectivity index (χ0n) is 6.79. The predicted octanol–water partition coefficient (Wildman–Crippen LogP) is 1.10. The zero-order valence-corrected chi connectivity index (χ0v) is 6.79. The maximum atomic E-state index is 10.0. The average molecular weight is 173 g/mol. The van der Waals surface area contributed by atoms with Crippen LogP contribution in [0.2, 0.25) is 0 Å². The van der Waals surface area contributed by atoms with E-state index >= 15 is 0 Å². The Labute approximate surface area is 74.5 Å². The summed E-state index contributed by atoms with van der Waals surface area (Å²) in [5, 5.41) is 8.22. The second-order valence-electron chi connectivity index (χ2n) is 2.49. The molecule has 2 rings (SSSR count). The molecule has 0 aliphatic heterocycles. The third-order valence-electron chi connectivity index (χ3n) is 1.60. The molecule has 0 radical (unpaired) electrons. The largest absolute Gasteiger partial charge is 0.299 e. The van der Waals surface area contributed by atoms with Gasteiger partial charge in [0, 0.05) is 0 Å². The fourth-order valence-corrected chi connectivity index (χ4v) is 1.06. The van der Waals surface area contributed by atoms with Crippen LogP contribution in [0.15, 0.2) is 30.3 Å². The van der Waals surface area contributed by atoms with Gasteiger partial charge in [0.2, 0.25) is 0 Å². The Hall–Kier alpha value is -1.97. The van der Waals surface area contributed by atoms with E-state index in [1.807, 2.05) is 24.3 Å². The summed E-state index contributed by atoms with van der Waals surface area (Å²) in [4.78, 5) is 11.4. The summed E-state index contributed by atoms with van der Waals surface area (Å²) in [5.41, 5.74) is 1.64. The van der Waals surface area contributed by atoms with Crippen LogP contribution >= 0.6 is 0 Å². The molecule has 0 spiro atoms. The van der Waals surface area contributed by atoms with Gasteiger partial charge in [-0.05, 0) is 18.2 Å². The van der Waals surface area contributed by atoms with E-state index in [1.54, 1.807) is 0 Å². The second kappa shape index (κ2) is 3.18. The van der Waals surface area contributed by atoms with Crippen LogP contribution in [-0.4, -0.2) is 21.3 Å². The van der Waals surface area contributed by atoms with Crippen LogP contribution in [0, 0.1) is 0 Å². The normalized spacial score (nSPS) is 11.1. The van der Waals surface area contributed by atoms with Crippen molar-refractivity contribution in [2.45, 2.75) is 0 Å². The van der Waals surface area contributed by atoms with Crippen molar-refractivity contribution in [2.24, 2.45) is 0 Å². The minimum absolute atomic E-state index is 0.689. The van der Waals surface area contributed by atoms with Gasteiger partial charge in [-0.15, -0.1) is 10.2 Å². The lowest BCUT2D eigenvalue weighted by Crippen LogP contribution is -1.90. The molecular weight excluding hydrogens is 166 g/mol. The molecule has 0 bridgehead atoms. The van der Waals surface area contributed by atoms with Gasteiger partial charge in [0.1, 0.15) is 17.3 Å². The van der Waals surface area contributed by atoms with Crippen molar-refractivity contribution in [2.75, 3.05) is 0 Å². The molecule has 64 valence electrons. The topological polar surface area (TPSA) is 47.8 Å². The molecule has 0 amide bonds. The molecule has 4 heteroatoms. The van der Waals surface area contributed by atoms with Crippen LogP contribution < -0.4 is 0 Å². The number of carbonyl (C=O) groups excluding carboxylic acids is 1. The third-order valence-corrected chi connectivity index (χ3v) is 1.60. The van der Waals surface area contributed by atoms with E-state index < -0.39 is 0 Å². The molecule has 0 fully saturated rings. The summed E-state index contributed by atoms with van der Waals surface area (Å²) in [6.07, 6.45) is 3.54. The van der Waals surface area contributed by atoms with E-state index in [2.05, 4.69) is 10.2 Å². The Morgan fingerprint density at radius 1 is 1.15 bits per heavy atom. The second-order valence-corrected chi connectivity index (χ2v) is 2.49. The van der Waals surface area contributed by atoms with E-state index in [4.69, 9.17) is 0 Å². The van der Waals surface area contributed by atoms with Crippen LogP contribution in [0.1, 0.15) is 0 Å². The zero-order chi connectivity index (χ0) is 9.10. The van der Waals surface area contributed by atoms with Crippen molar-refractivity contribution in [1.82, 2.24) is 15.0 Å². The molecule has 0 saturated heterocycles. The van der Waals surface area contributed by atoms with Crippen molar-refractivity contribution in [3.05, 3.63) is 30.3 Å². The Morgan fingerprint density at radius 2 is 1.77 bits per heavy atom. The first kappa shape index (κ1) is 7.67. The maximum absolute atomic E-state index is 10.0. The number of aromatic nitrogens is 3. The number of nitrogens with zero attached hydrogens (tertiary/aromatic N) is 3. The summed E-state index contributed by atoms with van der Waals surface area (Å²) in [6.45, 7) is 0. The Balaban J connectivity index is 2.49. The van der Waals surface area contributed by atoms with Crippen molar-refractivity contribution in [3.8, 4) is 0 Å². The number of aldehydes is 1. The fourth-order valence-electron chi connectivity index (χ4n) is 1.06. The van der Waals surface area contributed by atoms with Crippen LogP contribution in [0.25, 0.3) is 17.2 Å². The molecule has 13 heavy (non-hydrogen) atoms. The highest BCUT2D eigenvalue weighted by Crippen LogP contribution is 2.06. The van der Waals surface area contributed by atoms with Crippen molar-refractivity contribution < 1.29 is 4.79 Å². The fraction of sp³-hybridized carbons (Fsp3) is 0. The smallest absolute Gasteiger partial charge is 0.144 e. The lowest BCUT2D eigenvalue weighted by molar-refractivity contribution is -0.104. The molecule has 0 aliphatic carbocycles. The Morgan fingerprint density at radius 3 is 2.31 bits per heavy atom. The molecule has 0 atom stereocenters.